The van der Waals surface area contributed by atoms with E-state index in [0.717, 1.165) is 0 Å². The minimum absolute atomic E-state index is 0.103. The predicted molar refractivity (Wildman–Crippen MR) is 116 cm³/mol. The van der Waals surface area contributed by atoms with E-state index >= 15 is 0 Å². The highest BCUT2D eigenvalue weighted by Gasteiger charge is 2.34. The summed E-state index contributed by atoms with van der Waals surface area (Å²) in [6.07, 6.45) is -0.125. The van der Waals surface area contributed by atoms with Gasteiger partial charge in [0.05, 0.1) is 16.3 Å². The molecule has 0 radical (unpaired) electrons. The number of aliphatic hydroxyl groups is 1. The first-order chi connectivity index (χ1) is 14.5. The number of nitrogens with one attached hydrogen (secondary N) is 2. The molecule has 2 aromatic rings. The summed E-state index contributed by atoms with van der Waals surface area (Å²) in [5.74, 6) is -1.55. The third-order valence-electron chi connectivity index (χ3n) is 5.92. The fourth-order valence-corrected chi connectivity index (χ4v) is 4.11. The lowest BCUT2D eigenvalue weighted by Crippen LogP contribution is -2.51. The zero-order chi connectivity index (χ0) is 22.9. The van der Waals surface area contributed by atoms with E-state index < -0.39 is 29.3 Å². The van der Waals surface area contributed by atoms with Crippen LogP contribution < -0.4 is 10.6 Å². The van der Waals surface area contributed by atoms with Crippen LogP contribution >= 0.6 is 11.6 Å². The Kier molecular flexibility index (Phi) is 6.73. The Bertz CT molecular complexity index is 1010. The highest BCUT2D eigenvalue weighted by Crippen LogP contribution is 2.29. The summed E-state index contributed by atoms with van der Waals surface area (Å²) >= 11 is 5.79. The molecule has 2 heterocycles. The molecular formula is C22H27ClFN3O4. The monoisotopic (exact) mass is 451 g/mol. The number of hydrogen-bond donors (Lipinski definition) is 3. The van der Waals surface area contributed by atoms with E-state index in [0.29, 0.717) is 54.3 Å². The molecule has 1 atom stereocenters. The van der Waals surface area contributed by atoms with E-state index in [1.54, 1.807) is 25.5 Å². The largest absolute Gasteiger partial charge is 0.381 e. The first kappa shape index (κ1) is 23.2. The van der Waals surface area contributed by atoms with Gasteiger partial charge in [-0.2, -0.15) is 0 Å². The molecule has 31 heavy (non-hydrogen) atoms. The van der Waals surface area contributed by atoms with Crippen LogP contribution in [0, 0.1) is 19.7 Å². The van der Waals surface area contributed by atoms with Crippen LogP contribution in [0.25, 0.3) is 0 Å². The molecule has 1 aliphatic heterocycles. The average Bonchev–Trinajstić information content (AvgIpc) is 2.93. The van der Waals surface area contributed by atoms with E-state index in [9.17, 15) is 19.1 Å². The Morgan fingerprint density at radius 3 is 2.55 bits per heavy atom. The summed E-state index contributed by atoms with van der Waals surface area (Å²) < 4.78 is 20.4. The second kappa shape index (κ2) is 8.98. The number of aliphatic hydroxyl groups excluding tert-OH is 1. The quantitative estimate of drug-likeness (QED) is 0.649. The number of aromatic nitrogens is 1. The Morgan fingerprint density at radius 2 is 1.94 bits per heavy atom. The van der Waals surface area contributed by atoms with Gasteiger partial charge >= 0.3 is 0 Å². The number of halogens is 2. The van der Waals surface area contributed by atoms with Gasteiger partial charge in [0.25, 0.3) is 11.8 Å². The molecule has 0 saturated carbocycles. The highest BCUT2D eigenvalue weighted by atomic mass is 35.5. The molecule has 0 bridgehead atoms. The van der Waals surface area contributed by atoms with Crippen LogP contribution in [0.15, 0.2) is 18.2 Å². The predicted octanol–water partition coefficient (Wildman–Crippen LogP) is 3.41. The van der Waals surface area contributed by atoms with Gasteiger partial charge in [-0.3, -0.25) is 9.59 Å². The fourth-order valence-electron chi connectivity index (χ4n) is 3.93. The molecule has 2 amide bonds. The topological polar surface area (TPSA) is 92.6 Å². The number of carbonyl (C=O) groups excluding carboxylic acids is 2. The number of nitrogens with zero attached hydrogens (tertiary/aromatic N) is 1. The summed E-state index contributed by atoms with van der Waals surface area (Å²) in [6.45, 7) is 6.44. The molecular weight excluding hydrogens is 425 g/mol. The van der Waals surface area contributed by atoms with Gasteiger partial charge < -0.3 is 25.0 Å². The Hall–Kier alpha value is -2.42. The van der Waals surface area contributed by atoms with Gasteiger partial charge in [-0.25, -0.2) is 4.39 Å². The third-order valence-corrected chi connectivity index (χ3v) is 6.21. The zero-order valence-corrected chi connectivity index (χ0v) is 18.8. The third kappa shape index (κ3) is 4.76. The van der Waals surface area contributed by atoms with Gasteiger partial charge in [0.2, 0.25) is 0 Å². The maximum absolute atomic E-state index is 13.4. The minimum Gasteiger partial charge on any atom is -0.381 e. The smallest absolute Gasteiger partial charge is 0.257 e. The molecule has 1 aromatic heterocycles. The summed E-state index contributed by atoms with van der Waals surface area (Å²) in [6, 6.07) is 3.89. The van der Waals surface area contributed by atoms with Crippen molar-refractivity contribution < 1.29 is 23.8 Å². The summed E-state index contributed by atoms with van der Waals surface area (Å²) in [5.41, 5.74) is 1.64. The standard InChI is InChI=1S/C22H27ClFN3O4/c1-12-17(20(29)25-14-5-6-16(24)15(23)11-14)13(2)27(4)18(12)19(28)21(30)26-22(3)7-9-31-10-8-22/h5-6,11,19,28H,7-10H2,1-4H3,(H,25,29)(H,26,30). The van der Waals surface area contributed by atoms with Crippen LogP contribution in [0.1, 0.15) is 53.2 Å². The fraction of sp³-hybridized carbons (Fsp3) is 0.455. The number of benzene rings is 1. The number of carbonyl (C=O) groups is 2. The summed E-state index contributed by atoms with van der Waals surface area (Å²) in [5, 5.41) is 16.3. The van der Waals surface area contributed by atoms with Crippen molar-refractivity contribution in [2.24, 2.45) is 7.05 Å². The van der Waals surface area contributed by atoms with Gasteiger partial charge in [-0.1, -0.05) is 11.6 Å². The minimum atomic E-state index is -1.44. The van der Waals surface area contributed by atoms with Crippen molar-refractivity contribution >= 4 is 29.1 Å². The number of rotatable bonds is 5. The van der Waals surface area contributed by atoms with Crippen molar-refractivity contribution in [2.45, 2.75) is 45.3 Å². The second-order valence-electron chi connectivity index (χ2n) is 8.18. The number of ether oxygens (including phenoxy) is 1. The normalized spacial score (nSPS) is 16.6. The molecule has 9 heteroatoms. The molecule has 7 nitrogen and oxygen atoms in total. The molecule has 1 aromatic carbocycles. The van der Waals surface area contributed by atoms with E-state index in [1.807, 2.05) is 6.92 Å². The van der Waals surface area contributed by atoms with Crippen LogP contribution in [0.3, 0.4) is 0 Å². The number of hydrogen-bond acceptors (Lipinski definition) is 4. The van der Waals surface area contributed by atoms with E-state index in [-0.39, 0.29) is 5.02 Å². The van der Waals surface area contributed by atoms with Crippen LogP contribution in [0.2, 0.25) is 5.02 Å². The molecule has 3 N–H and O–H groups in total. The lowest BCUT2D eigenvalue weighted by atomic mass is 9.92. The lowest BCUT2D eigenvalue weighted by molar-refractivity contribution is -0.133. The maximum atomic E-state index is 13.4. The van der Waals surface area contributed by atoms with E-state index in [4.69, 9.17) is 16.3 Å². The first-order valence-corrected chi connectivity index (χ1v) is 10.4. The second-order valence-corrected chi connectivity index (χ2v) is 8.58. The van der Waals surface area contributed by atoms with Gasteiger partial charge in [-0.15, -0.1) is 0 Å². The summed E-state index contributed by atoms with van der Waals surface area (Å²) in [4.78, 5) is 25.7. The van der Waals surface area contributed by atoms with Gasteiger partial charge in [-0.05, 0) is 57.4 Å². The molecule has 0 spiro atoms. The molecule has 1 aliphatic rings. The van der Waals surface area contributed by atoms with Crippen molar-refractivity contribution in [1.29, 1.82) is 0 Å². The lowest BCUT2D eigenvalue weighted by Gasteiger charge is -2.35. The van der Waals surface area contributed by atoms with Crippen molar-refractivity contribution in [1.82, 2.24) is 9.88 Å². The molecule has 1 saturated heterocycles. The van der Waals surface area contributed by atoms with Crippen molar-refractivity contribution in [3.63, 3.8) is 0 Å². The Morgan fingerprint density at radius 1 is 1.29 bits per heavy atom. The van der Waals surface area contributed by atoms with Crippen molar-refractivity contribution in [3.8, 4) is 0 Å². The number of anilines is 1. The van der Waals surface area contributed by atoms with Gasteiger partial charge in [0.15, 0.2) is 6.10 Å². The van der Waals surface area contributed by atoms with Gasteiger partial charge in [0.1, 0.15) is 5.82 Å². The van der Waals surface area contributed by atoms with Crippen LogP contribution in [-0.4, -0.2) is 40.2 Å². The summed E-state index contributed by atoms with van der Waals surface area (Å²) in [7, 11) is 1.69. The zero-order valence-electron chi connectivity index (χ0n) is 18.0. The molecule has 168 valence electrons. The molecule has 0 aliphatic carbocycles. The highest BCUT2D eigenvalue weighted by molar-refractivity contribution is 6.31. The average molecular weight is 452 g/mol. The molecule has 1 unspecified atom stereocenters. The SMILES string of the molecule is Cc1c(C(=O)Nc2ccc(F)c(Cl)c2)c(C)n(C)c1C(O)C(=O)NC1(C)CCOCC1. The van der Waals surface area contributed by atoms with E-state index in [1.165, 1.54) is 18.2 Å². The van der Waals surface area contributed by atoms with Crippen molar-refractivity contribution in [2.75, 3.05) is 18.5 Å². The van der Waals surface area contributed by atoms with Crippen molar-refractivity contribution in [3.05, 3.63) is 51.6 Å². The van der Waals surface area contributed by atoms with Crippen LogP contribution in [0.5, 0.6) is 0 Å². The first-order valence-electron chi connectivity index (χ1n) is 10.0. The van der Waals surface area contributed by atoms with Crippen LogP contribution in [0.4, 0.5) is 10.1 Å². The molecule has 3 rings (SSSR count). The van der Waals surface area contributed by atoms with E-state index in [2.05, 4.69) is 10.6 Å². The maximum Gasteiger partial charge on any atom is 0.257 e. The Labute approximate surface area is 185 Å². The van der Waals surface area contributed by atoms with Crippen LogP contribution in [-0.2, 0) is 16.6 Å². The molecule has 1 fully saturated rings. The Balaban J connectivity index is 1.84. The van der Waals surface area contributed by atoms with Gasteiger partial charge in [0, 0.05) is 37.2 Å². The number of amides is 2.